The second-order valence-electron chi connectivity index (χ2n) is 5.40. The molecule has 0 fully saturated rings. The van der Waals surface area contributed by atoms with Crippen LogP contribution in [0.15, 0.2) is 24.4 Å². The molecule has 2 aromatic heterocycles. The van der Waals surface area contributed by atoms with E-state index in [2.05, 4.69) is 23.2 Å². The Hall–Kier alpha value is -2.56. The first-order valence-electron chi connectivity index (χ1n) is 7.12. The molecule has 0 atom stereocenters. The van der Waals surface area contributed by atoms with Crippen molar-refractivity contribution in [3.8, 4) is 11.4 Å². The molecule has 1 aliphatic rings. The third-order valence-electron chi connectivity index (χ3n) is 4.20. The molecule has 0 saturated carbocycles. The van der Waals surface area contributed by atoms with Crippen LogP contribution in [0.5, 0.6) is 0 Å². The number of carbonyl (C=O) groups is 1. The van der Waals surface area contributed by atoms with Crippen LogP contribution in [0, 0.1) is 0 Å². The molecule has 0 saturated heterocycles. The van der Waals surface area contributed by atoms with Gasteiger partial charge in [0.25, 0.3) is 0 Å². The molecular formula is C16H15N3O2. The van der Waals surface area contributed by atoms with Crippen molar-refractivity contribution in [2.75, 3.05) is 0 Å². The van der Waals surface area contributed by atoms with Gasteiger partial charge in [0.15, 0.2) is 0 Å². The fourth-order valence-electron chi connectivity index (χ4n) is 3.13. The summed E-state index contributed by atoms with van der Waals surface area (Å²) in [5.74, 6) is -0.902. The molecule has 1 aliphatic carbocycles. The molecule has 0 unspecified atom stereocenters. The summed E-state index contributed by atoms with van der Waals surface area (Å²) in [7, 11) is 0. The van der Waals surface area contributed by atoms with Crippen molar-refractivity contribution in [3.05, 3.63) is 41.1 Å². The van der Waals surface area contributed by atoms with Crippen molar-refractivity contribution in [3.63, 3.8) is 0 Å². The second kappa shape index (κ2) is 4.22. The van der Waals surface area contributed by atoms with Crippen molar-refractivity contribution in [1.29, 1.82) is 0 Å². The smallest absolute Gasteiger partial charge is 0.335 e. The van der Waals surface area contributed by atoms with Crippen molar-refractivity contribution in [2.45, 2.75) is 26.3 Å². The Morgan fingerprint density at radius 1 is 1.43 bits per heavy atom. The third-order valence-corrected chi connectivity index (χ3v) is 4.20. The number of rotatable bonds is 2. The van der Waals surface area contributed by atoms with E-state index in [9.17, 15) is 4.79 Å². The summed E-state index contributed by atoms with van der Waals surface area (Å²) in [6.45, 7) is 2.93. The highest BCUT2D eigenvalue weighted by atomic mass is 16.4. The number of fused-ring (bicyclic) bond motifs is 5. The van der Waals surface area contributed by atoms with E-state index in [1.54, 1.807) is 12.1 Å². The normalized spacial score (nSPS) is 13.2. The molecule has 4 rings (SSSR count). The maximum atomic E-state index is 11.1. The van der Waals surface area contributed by atoms with Crippen molar-refractivity contribution in [2.24, 2.45) is 0 Å². The molecule has 106 valence electrons. The first-order chi connectivity index (χ1) is 10.2. The largest absolute Gasteiger partial charge is 0.478 e. The Morgan fingerprint density at radius 2 is 2.29 bits per heavy atom. The maximum Gasteiger partial charge on any atom is 0.335 e. The summed E-state index contributed by atoms with van der Waals surface area (Å²) in [6.07, 6.45) is 4.05. The van der Waals surface area contributed by atoms with Crippen LogP contribution in [0.1, 0.15) is 28.4 Å². The minimum absolute atomic E-state index is 0.306. The highest BCUT2D eigenvalue weighted by molar-refractivity contribution is 5.97. The van der Waals surface area contributed by atoms with Gasteiger partial charge < -0.3 is 10.1 Å². The molecule has 0 amide bonds. The Balaban J connectivity index is 1.95. The van der Waals surface area contributed by atoms with Crippen LogP contribution in [-0.4, -0.2) is 25.8 Å². The number of hydrogen-bond donors (Lipinski definition) is 2. The van der Waals surface area contributed by atoms with E-state index >= 15 is 0 Å². The lowest BCUT2D eigenvalue weighted by Gasteiger charge is -2.10. The fraction of sp³-hybridized carbons (Fsp3) is 0.250. The first kappa shape index (κ1) is 12.2. The summed E-state index contributed by atoms with van der Waals surface area (Å²) in [5.41, 5.74) is 5.73. The van der Waals surface area contributed by atoms with Gasteiger partial charge in [0.1, 0.15) is 5.69 Å². The maximum absolute atomic E-state index is 11.1. The molecule has 1 aromatic carbocycles. The minimum atomic E-state index is -0.902. The van der Waals surface area contributed by atoms with Crippen molar-refractivity contribution < 1.29 is 9.90 Å². The van der Waals surface area contributed by atoms with Crippen molar-refractivity contribution >= 4 is 16.9 Å². The topological polar surface area (TPSA) is 70.9 Å². The number of H-pyrrole nitrogens is 1. The van der Waals surface area contributed by atoms with E-state index < -0.39 is 5.97 Å². The summed E-state index contributed by atoms with van der Waals surface area (Å²) in [6, 6.07) is 5.27. The van der Waals surface area contributed by atoms with E-state index in [0.29, 0.717) is 5.56 Å². The zero-order valence-corrected chi connectivity index (χ0v) is 11.7. The second-order valence-corrected chi connectivity index (χ2v) is 5.40. The van der Waals surface area contributed by atoms with Gasteiger partial charge >= 0.3 is 5.97 Å². The number of aromatic amines is 1. The Bertz CT molecular complexity index is 873. The quantitative estimate of drug-likeness (QED) is 0.758. The van der Waals surface area contributed by atoms with E-state index in [4.69, 9.17) is 5.11 Å². The minimum Gasteiger partial charge on any atom is -0.478 e. The number of nitrogens with zero attached hydrogens (tertiary/aromatic N) is 2. The van der Waals surface area contributed by atoms with E-state index in [-0.39, 0.29) is 0 Å². The number of hydrogen-bond acceptors (Lipinski definition) is 2. The van der Waals surface area contributed by atoms with Gasteiger partial charge in [-0.05, 0) is 43.0 Å². The fourth-order valence-corrected chi connectivity index (χ4v) is 3.13. The van der Waals surface area contributed by atoms with Crippen LogP contribution in [0.25, 0.3) is 22.3 Å². The Labute approximate surface area is 121 Å². The number of aryl methyl sites for hydroxylation is 3. The van der Waals surface area contributed by atoms with Gasteiger partial charge in [-0.3, -0.25) is 4.68 Å². The molecule has 2 heterocycles. The molecule has 21 heavy (non-hydrogen) atoms. The standard InChI is InChI=1S/C16H15N3O2/c1-2-19-8-10-4-6-12-11-5-3-9(16(20)21)7-13(11)17-15(12)14(10)18-19/h3,5,7-8,17H,2,4,6H2,1H3,(H,20,21). The van der Waals surface area contributed by atoms with Gasteiger partial charge in [-0.1, -0.05) is 6.07 Å². The molecule has 0 bridgehead atoms. The van der Waals surface area contributed by atoms with Gasteiger partial charge in [-0.25, -0.2) is 4.79 Å². The number of nitrogens with one attached hydrogen (secondary N) is 1. The van der Waals surface area contributed by atoms with Gasteiger partial charge in [-0.15, -0.1) is 0 Å². The van der Waals surface area contributed by atoms with Crippen LogP contribution in [-0.2, 0) is 19.4 Å². The predicted octanol–water partition coefficient (Wildman–Crippen LogP) is 2.85. The molecule has 0 radical (unpaired) electrons. The van der Waals surface area contributed by atoms with E-state index in [1.165, 1.54) is 11.1 Å². The lowest BCUT2D eigenvalue weighted by atomic mass is 9.94. The lowest BCUT2D eigenvalue weighted by Crippen LogP contribution is -2.01. The molecule has 2 N–H and O–H groups in total. The average Bonchev–Trinajstić information content (AvgIpc) is 3.06. The summed E-state index contributed by atoms with van der Waals surface area (Å²) in [4.78, 5) is 14.5. The van der Waals surface area contributed by atoms with Crippen LogP contribution in [0.2, 0.25) is 0 Å². The molecular weight excluding hydrogens is 266 g/mol. The molecule has 0 aliphatic heterocycles. The predicted molar refractivity (Wildman–Crippen MR) is 79.6 cm³/mol. The zero-order chi connectivity index (χ0) is 14.6. The highest BCUT2D eigenvalue weighted by Gasteiger charge is 2.23. The summed E-state index contributed by atoms with van der Waals surface area (Å²) in [5, 5.41) is 14.8. The number of carboxylic acid groups (broad SMARTS) is 1. The number of benzene rings is 1. The lowest BCUT2D eigenvalue weighted by molar-refractivity contribution is 0.0697. The van der Waals surface area contributed by atoms with Crippen LogP contribution in [0.4, 0.5) is 0 Å². The summed E-state index contributed by atoms with van der Waals surface area (Å²) < 4.78 is 1.95. The summed E-state index contributed by atoms with van der Waals surface area (Å²) >= 11 is 0. The van der Waals surface area contributed by atoms with Crippen molar-refractivity contribution in [1.82, 2.24) is 14.8 Å². The molecule has 5 heteroatoms. The number of carboxylic acids is 1. The van der Waals surface area contributed by atoms with Gasteiger partial charge in [0.2, 0.25) is 0 Å². The molecule has 0 spiro atoms. The highest BCUT2D eigenvalue weighted by Crippen LogP contribution is 2.36. The van der Waals surface area contributed by atoms with E-state index in [1.807, 2.05) is 10.7 Å². The number of aromatic carboxylic acids is 1. The van der Waals surface area contributed by atoms with Crippen LogP contribution in [0.3, 0.4) is 0 Å². The van der Waals surface area contributed by atoms with E-state index in [0.717, 1.165) is 41.7 Å². The zero-order valence-electron chi connectivity index (χ0n) is 11.7. The number of aromatic nitrogens is 3. The van der Waals surface area contributed by atoms with Crippen LogP contribution < -0.4 is 0 Å². The average molecular weight is 281 g/mol. The Kier molecular flexibility index (Phi) is 2.45. The van der Waals surface area contributed by atoms with Gasteiger partial charge in [0.05, 0.1) is 11.3 Å². The molecule has 5 nitrogen and oxygen atoms in total. The van der Waals surface area contributed by atoms with Gasteiger partial charge in [-0.2, -0.15) is 5.10 Å². The monoisotopic (exact) mass is 281 g/mol. The Morgan fingerprint density at radius 3 is 3.05 bits per heavy atom. The third kappa shape index (κ3) is 1.70. The molecule has 3 aromatic rings. The first-order valence-corrected chi connectivity index (χ1v) is 7.12. The van der Waals surface area contributed by atoms with Gasteiger partial charge in [0, 0.05) is 23.6 Å². The van der Waals surface area contributed by atoms with Crippen LogP contribution >= 0.6 is 0 Å². The SMILES string of the molecule is CCn1cc2c(n1)-c1[nH]c3cc(C(=O)O)ccc3c1CC2.